The van der Waals surface area contributed by atoms with Gasteiger partial charge in [0, 0.05) is 12.2 Å². The lowest BCUT2D eigenvalue weighted by Crippen LogP contribution is -2.06. The van der Waals surface area contributed by atoms with Crippen molar-refractivity contribution >= 4 is 23.0 Å². The van der Waals surface area contributed by atoms with E-state index in [0.29, 0.717) is 10.7 Å². The first-order valence-corrected chi connectivity index (χ1v) is 6.38. The molecule has 0 bridgehead atoms. The van der Waals surface area contributed by atoms with Crippen LogP contribution >= 0.6 is 11.6 Å². The standard InChI is InChI=1S/C15H17ClN2/c1-11-9-14(17)13(16)10-15(11)18-8-7-12-5-3-2-4-6-12/h2-6,9-10,18H,7-8,17H2,1H3. The van der Waals surface area contributed by atoms with Crippen molar-refractivity contribution in [2.24, 2.45) is 0 Å². The van der Waals surface area contributed by atoms with Crippen LogP contribution < -0.4 is 11.1 Å². The van der Waals surface area contributed by atoms with Gasteiger partial charge in [-0.25, -0.2) is 0 Å². The number of hydrogen-bond donors (Lipinski definition) is 2. The summed E-state index contributed by atoms with van der Waals surface area (Å²) in [4.78, 5) is 0. The second-order valence-electron chi connectivity index (χ2n) is 4.35. The van der Waals surface area contributed by atoms with Crippen molar-refractivity contribution in [1.82, 2.24) is 0 Å². The minimum Gasteiger partial charge on any atom is -0.398 e. The highest BCUT2D eigenvalue weighted by atomic mass is 35.5. The molecule has 0 saturated carbocycles. The third-order valence-electron chi connectivity index (χ3n) is 2.92. The Morgan fingerprint density at radius 1 is 1.17 bits per heavy atom. The van der Waals surface area contributed by atoms with Crippen LogP contribution in [0.3, 0.4) is 0 Å². The van der Waals surface area contributed by atoms with Gasteiger partial charge in [-0.15, -0.1) is 0 Å². The maximum Gasteiger partial charge on any atom is 0.0656 e. The number of nitrogen functional groups attached to an aromatic ring is 1. The number of aryl methyl sites for hydroxylation is 1. The second-order valence-corrected chi connectivity index (χ2v) is 4.76. The van der Waals surface area contributed by atoms with Crippen LogP contribution in [0, 0.1) is 6.92 Å². The first-order valence-electron chi connectivity index (χ1n) is 6.00. The van der Waals surface area contributed by atoms with Crippen molar-refractivity contribution in [1.29, 1.82) is 0 Å². The number of anilines is 2. The van der Waals surface area contributed by atoms with E-state index in [4.69, 9.17) is 17.3 Å². The summed E-state index contributed by atoms with van der Waals surface area (Å²) in [6.07, 6.45) is 0.988. The Labute approximate surface area is 113 Å². The van der Waals surface area contributed by atoms with Gasteiger partial charge < -0.3 is 11.1 Å². The predicted molar refractivity (Wildman–Crippen MR) is 79.2 cm³/mol. The summed E-state index contributed by atoms with van der Waals surface area (Å²) in [5, 5.41) is 3.99. The molecule has 0 saturated heterocycles. The highest BCUT2D eigenvalue weighted by Gasteiger charge is 2.03. The van der Waals surface area contributed by atoms with E-state index in [1.165, 1.54) is 5.56 Å². The molecule has 3 N–H and O–H groups in total. The number of halogens is 1. The number of benzene rings is 2. The second kappa shape index (κ2) is 5.78. The lowest BCUT2D eigenvalue weighted by molar-refractivity contribution is 1.02. The largest absolute Gasteiger partial charge is 0.398 e. The number of hydrogen-bond acceptors (Lipinski definition) is 2. The predicted octanol–water partition coefficient (Wildman–Crippen LogP) is 3.89. The highest BCUT2D eigenvalue weighted by molar-refractivity contribution is 6.33. The van der Waals surface area contributed by atoms with Gasteiger partial charge in [0.25, 0.3) is 0 Å². The molecule has 18 heavy (non-hydrogen) atoms. The van der Waals surface area contributed by atoms with E-state index in [1.807, 2.05) is 25.1 Å². The Hall–Kier alpha value is -1.67. The Morgan fingerprint density at radius 3 is 2.61 bits per heavy atom. The van der Waals surface area contributed by atoms with Crippen molar-refractivity contribution in [2.45, 2.75) is 13.3 Å². The van der Waals surface area contributed by atoms with Crippen LogP contribution in [0.1, 0.15) is 11.1 Å². The van der Waals surface area contributed by atoms with Gasteiger partial charge in [0.1, 0.15) is 0 Å². The average molecular weight is 261 g/mol. The fraction of sp³-hybridized carbons (Fsp3) is 0.200. The molecule has 0 unspecified atom stereocenters. The molecule has 94 valence electrons. The average Bonchev–Trinajstić information content (AvgIpc) is 2.37. The minimum absolute atomic E-state index is 0.600. The van der Waals surface area contributed by atoms with Gasteiger partial charge in [0.15, 0.2) is 0 Å². The fourth-order valence-corrected chi connectivity index (χ4v) is 2.04. The van der Waals surface area contributed by atoms with Gasteiger partial charge in [-0.3, -0.25) is 0 Å². The molecule has 2 aromatic rings. The summed E-state index contributed by atoms with van der Waals surface area (Å²) in [5.41, 5.74) is 9.86. The molecule has 2 rings (SSSR count). The van der Waals surface area contributed by atoms with Crippen molar-refractivity contribution < 1.29 is 0 Å². The lowest BCUT2D eigenvalue weighted by Gasteiger charge is -2.11. The SMILES string of the molecule is Cc1cc(N)c(Cl)cc1NCCc1ccccc1. The summed E-state index contributed by atoms with van der Waals surface area (Å²) >= 11 is 6.02. The van der Waals surface area contributed by atoms with Crippen molar-refractivity contribution in [2.75, 3.05) is 17.6 Å². The van der Waals surface area contributed by atoms with E-state index in [1.54, 1.807) is 0 Å². The van der Waals surface area contributed by atoms with E-state index in [-0.39, 0.29) is 0 Å². The zero-order valence-electron chi connectivity index (χ0n) is 10.4. The zero-order valence-corrected chi connectivity index (χ0v) is 11.2. The van der Waals surface area contributed by atoms with Gasteiger partial charge in [-0.05, 0) is 36.6 Å². The van der Waals surface area contributed by atoms with E-state index in [0.717, 1.165) is 24.2 Å². The molecule has 0 atom stereocenters. The van der Waals surface area contributed by atoms with Crippen LogP contribution in [0.15, 0.2) is 42.5 Å². The summed E-state index contributed by atoms with van der Waals surface area (Å²) in [5.74, 6) is 0. The quantitative estimate of drug-likeness (QED) is 0.819. The van der Waals surface area contributed by atoms with Crippen molar-refractivity contribution in [3.05, 3.63) is 58.6 Å². The normalized spacial score (nSPS) is 10.3. The maximum absolute atomic E-state index is 6.02. The van der Waals surface area contributed by atoms with E-state index < -0.39 is 0 Å². The molecule has 2 nitrogen and oxygen atoms in total. The lowest BCUT2D eigenvalue weighted by atomic mass is 10.1. The Balaban J connectivity index is 1.97. The molecule has 0 aliphatic heterocycles. The van der Waals surface area contributed by atoms with Crippen LogP contribution in [0.2, 0.25) is 5.02 Å². The molecule has 0 amide bonds. The summed E-state index contributed by atoms with van der Waals surface area (Å²) in [7, 11) is 0. The maximum atomic E-state index is 6.02. The van der Waals surface area contributed by atoms with Crippen LogP contribution in [0.25, 0.3) is 0 Å². The smallest absolute Gasteiger partial charge is 0.0656 e. The first-order chi connectivity index (χ1) is 8.66. The third-order valence-corrected chi connectivity index (χ3v) is 3.24. The highest BCUT2D eigenvalue weighted by Crippen LogP contribution is 2.26. The summed E-state index contributed by atoms with van der Waals surface area (Å²) in [6, 6.07) is 14.2. The van der Waals surface area contributed by atoms with Gasteiger partial charge >= 0.3 is 0 Å². The van der Waals surface area contributed by atoms with Crippen LogP contribution in [0.4, 0.5) is 11.4 Å². The molecule has 0 spiro atoms. The Kier molecular flexibility index (Phi) is 4.11. The molecular formula is C15H17ClN2. The van der Waals surface area contributed by atoms with E-state index >= 15 is 0 Å². The summed E-state index contributed by atoms with van der Waals surface area (Å²) in [6.45, 7) is 2.91. The van der Waals surface area contributed by atoms with Crippen LogP contribution in [-0.4, -0.2) is 6.54 Å². The molecule has 0 aliphatic rings. The molecule has 3 heteroatoms. The first kappa shape index (κ1) is 12.8. The fourth-order valence-electron chi connectivity index (χ4n) is 1.88. The number of rotatable bonds is 4. The molecule has 0 radical (unpaired) electrons. The minimum atomic E-state index is 0.600. The van der Waals surface area contributed by atoms with Gasteiger partial charge in [-0.1, -0.05) is 41.9 Å². The summed E-state index contributed by atoms with van der Waals surface area (Å²) < 4.78 is 0. The Bertz CT molecular complexity index is 524. The molecule has 0 heterocycles. The van der Waals surface area contributed by atoms with Crippen LogP contribution in [-0.2, 0) is 6.42 Å². The number of nitrogens with two attached hydrogens (primary N) is 1. The van der Waals surface area contributed by atoms with E-state index in [9.17, 15) is 0 Å². The van der Waals surface area contributed by atoms with Crippen LogP contribution in [0.5, 0.6) is 0 Å². The number of nitrogens with one attached hydrogen (secondary N) is 1. The van der Waals surface area contributed by atoms with Crippen molar-refractivity contribution in [3.8, 4) is 0 Å². The molecule has 0 fully saturated rings. The third kappa shape index (κ3) is 3.17. The van der Waals surface area contributed by atoms with E-state index in [2.05, 4.69) is 29.6 Å². The molecular weight excluding hydrogens is 244 g/mol. The Morgan fingerprint density at radius 2 is 1.89 bits per heavy atom. The molecule has 0 aromatic heterocycles. The van der Waals surface area contributed by atoms with Gasteiger partial charge in [0.05, 0.1) is 10.7 Å². The van der Waals surface area contributed by atoms with Crippen molar-refractivity contribution in [3.63, 3.8) is 0 Å². The molecule has 0 aliphatic carbocycles. The topological polar surface area (TPSA) is 38.0 Å². The zero-order chi connectivity index (χ0) is 13.0. The molecule has 2 aromatic carbocycles. The van der Waals surface area contributed by atoms with Gasteiger partial charge in [0.2, 0.25) is 0 Å². The van der Waals surface area contributed by atoms with Gasteiger partial charge in [-0.2, -0.15) is 0 Å². The monoisotopic (exact) mass is 260 g/mol.